The van der Waals surface area contributed by atoms with Crippen LogP contribution >= 0.6 is 23.2 Å². The van der Waals surface area contributed by atoms with Gasteiger partial charge in [0.25, 0.3) is 5.91 Å². The lowest BCUT2D eigenvalue weighted by molar-refractivity contribution is -0.141. The fourth-order valence-corrected chi connectivity index (χ4v) is 4.04. The van der Waals surface area contributed by atoms with Gasteiger partial charge in [0, 0.05) is 27.4 Å². The van der Waals surface area contributed by atoms with Gasteiger partial charge < -0.3 is 10.6 Å². The van der Waals surface area contributed by atoms with E-state index >= 15 is 0 Å². The van der Waals surface area contributed by atoms with Crippen LogP contribution in [0, 0.1) is 0 Å². The Labute approximate surface area is 203 Å². The van der Waals surface area contributed by atoms with Crippen LogP contribution < -0.4 is 10.6 Å². The molecule has 1 amide bonds. The number of hydrogen-bond acceptors (Lipinski definition) is 2. The summed E-state index contributed by atoms with van der Waals surface area (Å²) in [6, 6.07) is 13.5. The molecule has 1 fully saturated rings. The Morgan fingerprint density at radius 2 is 1.71 bits per heavy atom. The topological polar surface area (TPSA) is 71.3 Å². The third-order valence-electron chi connectivity index (χ3n) is 5.34. The van der Waals surface area contributed by atoms with Crippen molar-refractivity contribution in [2.45, 2.75) is 37.9 Å². The molecule has 0 radical (unpaired) electrons. The fourth-order valence-electron chi connectivity index (χ4n) is 3.72. The minimum atomic E-state index is -4.61. The van der Waals surface area contributed by atoms with Crippen molar-refractivity contribution in [3.63, 3.8) is 0 Å². The van der Waals surface area contributed by atoms with Gasteiger partial charge in [-0.05, 0) is 55.3 Å². The van der Waals surface area contributed by atoms with E-state index in [-0.39, 0.29) is 23.4 Å². The number of halogens is 5. The molecule has 3 aromatic rings. The second kappa shape index (κ2) is 10.1. The smallest absolute Gasteiger partial charge is 0.326 e. The molecule has 2 aromatic carbocycles. The van der Waals surface area contributed by atoms with Gasteiger partial charge in [0.15, 0.2) is 5.69 Å². The normalized spacial score (nSPS) is 14.9. The number of guanidine groups is 1. The molecule has 178 valence electrons. The third-order valence-corrected chi connectivity index (χ3v) is 5.82. The number of rotatable bonds is 4. The monoisotopic (exact) mass is 509 g/mol. The van der Waals surface area contributed by atoms with Gasteiger partial charge in [0.05, 0.1) is 6.04 Å². The van der Waals surface area contributed by atoms with Crippen molar-refractivity contribution in [2.24, 2.45) is 4.99 Å². The maximum Gasteiger partial charge on any atom is 0.435 e. The molecule has 0 spiro atoms. The Balaban J connectivity index is 1.71. The predicted molar refractivity (Wildman–Crippen MR) is 127 cm³/mol. The van der Waals surface area contributed by atoms with E-state index in [1.807, 2.05) is 0 Å². The number of anilines is 2. The maximum absolute atomic E-state index is 13.4. The summed E-state index contributed by atoms with van der Waals surface area (Å²) in [5, 5.41) is 10.5. The Hall–Kier alpha value is -3.04. The van der Waals surface area contributed by atoms with E-state index < -0.39 is 17.8 Å². The highest BCUT2D eigenvalue weighted by atomic mass is 35.5. The van der Waals surface area contributed by atoms with Crippen LogP contribution in [0.3, 0.4) is 0 Å². The summed E-state index contributed by atoms with van der Waals surface area (Å²) < 4.78 is 41.6. The highest BCUT2D eigenvalue weighted by Gasteiger charge is 2.36. The Bertz CT molecular complexity index is 1200. The van der Waals surface area contributed by atoms with Gasteiger partial charge in [-0.2, -0.15) is 23.3 Å². The molecule has 1 saturated carbocycles. The average molecular weight is 510 g/mol. The van der Waals surface area contributed by atoms with Gasteiger partial charge in [0.2, 0.25) is 5.96 Å². The molecule has 0 atom stereocenters. The van der Waals surface area contributed by atoms with Gasteiger partial charge in [-0.25, -0.2) is 4.68 Å². The number of alkyl halides is 3. The van der Waals surface area contributed by atoms with E-state index in [0.29, 0.717) is 28.6 Å². The highest BCUT2D eigenvalue weighted by Crippen LogP contribution is 2.36. The molecule has 0 saturated heterocycles. The SMILES string of the molecule is O=C(/N=C(/Nc1cccc(Cl)c1)Nc1cc(C(F)(F)F)nn1C1CCCC1)c1ccc(Cl)cc1. The van der Waals surface area contributed by atoms with Crippen molar-refractivity contribution < 1.29 is 18.0 Å². The summed E-state index contributed by atoms with van der Waals surface area (Å²) >= 11 is 11.9. The maximum atomic E-state index is 13.4. The van der Waals surface area contributed by atoms with Crippen LogP contribution in [-0.4, -0.2) is 21.6 Å². The van der Waals surface area contributed by atoms with Gasteiger partial charge in [-0.1, -0.05) is 42.1 Å². The first-order chi connectivity index (χ1) is 16.2. The number of benzene rings is 2. The molecule has 11 heteroatoms. The second-order valence-electron chi connectivity index (χ2n) is 7.83. The summed E-state index contributed by atoms with van der Waals surface area (Å²) in [6.07, 6.45) is -1.38. The first-order valence-electron chi connectivity index (χ1n) is 10.5. The molecule has 0 aliphatic heterocycles. The number of aliphatic imine (C=N–C) groups is 1. The van der Waals surface area contributed by atoms with Crippen LogP contribution in [-0.2, 0) is 6.18 Å². The lowest BCUT2D eigenvalue weighted by Gasteiger charge is -2.17. The zero-order valence-corrected chi connectivity index (χ0v) is 19.3. The molecule has 34 heavy (non-hydrogen) atoms. The summed E-state index contributed by atoms with van der Waals surface area (Å²) in [5.41, 5.74) is -0.268. The lowest BCUT2D eigenvalue weighted by atomic mass is 10.2. The Morgan fingerprint density at radius 3 is 2.35 bits per heavy atom. The van der Waals surface area contributed by atoms with Gasteiger partial charge in [-0.15, -0.1) is 0 Å². The van der Waals surface area contributed by atoms with Crippen molar-refractivity contribution in [3.05, 3.63) is 75.9 Å². The summed E-state index contributed by atoms with van der Waals surface area (Å²) in [7, 11) is 0. The zero-order valence-electron chi connectivity index (χ0n) is 17.7. The van der Waals surface area contributed by atoms with E-state index in [9.17, 15) is 18.0 Å². The van der Waals surface area contributed by atoms with Crippen molar-refractivity contribution in [3.8, 4) is 0 Å². The van der Waals surface area contributed by atoms with Gasteiger partial charge in [0.1, 0.15) is 5.82 Å². The summed E-state index contributed by atoms with van der Waals surface area (Å²) in [5.74, 6) is -0.608. The third kappa shape index (κ3) is 5.90. The van der Waals surface area contributed by atoms with Crippen LogP contribution in [0.5, 0.6) is 0 Å². The fraction of sp³-hybridized carbons (Fsp3) is 0.261. The Kier molecular flexibility index (Phi) is 7.13. The first-order valence-corrected chi connectivity index (χ1v) is 11.3. The molecular formula is C23H20Cl2F3N5O. The van der Waals surface area contributed by atoms with Crippen molar-refractivity contribution in [1.29, 1.82) is 0 Å². The van der Waals surface area contributed by atoms with E-state index in [0.717, 1.165) is 18.9 Å². The van der Waals surface area contributed by atoms with E-state index in [4.69, 9.17) is 23.2 Å². The number of carbonyl (C=O) groups is 1. The molecule has 0 bridgehead atoms. The van der Waals surface area contributed by atoms with Gasteiger partial charge >= 0.3 is 6.18 Å². The van der Waals surface area contributed by atoms with E-state index in [1.165, 1.54) is 16.8 Å². The molecule has 6 nitrogen and oxygen atoms in total. The van der Waals surface area contributed by atoms with Crippen molar-refractivity contribution in [1.82, 2.24) is 9.78 Å². The predicted octanol–water partition coefficient (Wildman–Crippen LogP) is 7.04. The van der Waals surface area contributed by atoms with Crippen LogP contribution in [0.25, 0.3) is 0 Å². The van der Waals surface area contributed by atoms with Crippen molar-refractivity contribution >= 4 is 46.6 Å². The summed E-state index contributed by atoms with van der Waals surface area (Å²) in [6.45, 7) is 0. The van der Waals surface area contributed by atoms with Crippen LogP contribution in [0.4, 0.5) is 24.7 Å². The largest absolute Gasteiger partial charge is 0.435 e. The molecule has 1 aliphatic rings. The molecule has 4 rings (SSSR count). The van der Waals surface area contributed by atoms with Crippen LogP contribution in [0.15, 0.2) is 59.6 Å². The number of amides is 1. The zero-order chi connectivity index (χ0) is 24.3. The minimum absolute atomic E-state index is 0.0740. The Morgan fingerprint density at radius 1 is 1.00 bits per heavy atom. The van der Waals surface area contributed by atoms with Crippen LogP contribution in [0.1, 0.15) is 47.8 Å². The number of nitrogens with zero attached hydrogens (tertiary/aromatic N) is 3. The highest BCUT2D eigenvalue weighted by molar-refractivity contribution is 6.31. The minimum Gasteiger partial charge on any atom is -0.326 e. The number of nitrogens with one attached hydrogen (secondary N) is 2. The number of aromatic nitrogens is 2. The van der Waals surface area contributed by atoms with Gasteiger partial charge in [-0.3, -0.25) is 4.79 Å². The lowest BCUT2D eigenvalue weighted by Crippen LogP contribution is -2.26. The molecule has 1 aromatic heterocycles. The second-order valence-corrected chi connectivity index (χ2v) is 8.70. The van der Waals surface area contributed by atoms with E-state index in [2.05, 4.69) is 20.7 Å². The van der Waals surface area contributed by atoms with Crippen LogP contribution in [0.2, 0.25) is 10.0 Å². The number of carbonyl (C=O) groups excluding carboxylic acids is 1. The van der Waals surface area contributed by atoms with Crippen molar-refractivity contribution in [2.75, 3.05) is 10.6 Å². The molecular weight excluding hydrogens is 490 g/mol. The average Bonchev–Trinajstić information content (AvgIpc) is 3.44. The summed E-state index contributed by atoms with van der Waals surface area (Å²) in [4.78, 5) is 16.9. The quantitative estimate of drug-likeness (QED) is 0.292. The molecule has 2 N–H and O–H groups in total. The van der Waals surface area contributed by atoms with E-state index in [1.54, 1.807) is 36.4 Å². The standard InChI is InChI=1S/C23H20Cl2F3N5O/c24-15-10-8-14(9-11-15)21(34)31-22(29-17-5-3-4-16(25)12-17)30-20-13-19(23(26,27)28)32-33(20)18-6-1-2-7-18/h3-5,8-13,18H,1-2,6-7H2,(H2,29,30,31,34). The molecule has 0 unspecified atom stereocenters. The number of hydrogen-bond donors (Lipinski definition) is 2. The molecule has 1 heterocycles. The molecule has 1 aliphatic carbocycles. The first kappa shape index (κ1) is 24.1.